The van der Waals surface area contributed by atoms with Gasteiger partial charge in [0.1, 0.15) is 11.5 Å². The molecule has 1 N–H and O–H groups in total. The van der Waals surface area contributed by atoms with Crippen molar-refractivity contribution in [3.05, 3.63) is 47.9 Å². The molecule has 0 bridgehead atoms. The Kier molecular flexibility index (Phi) is 3.46. The maximum atomic E-state index is 11.8. The molecule has 20 heavy (non-hydrogen) atoms. The Labute approximate surface area is 118 Å². The van der Waals surface area contributed by atoms with Crippen LogP contribution in [0.15, 0.2) is 40.8 Å². The van der Waals surface area contributed by atoms with Crippen molar-refractivity contribution >= 4 is 17.3 Å². The first-order valence-electron chi connectivity index (χ1n) is 6.92. The minimum Gasteiger partial charge on any atom is -0.465 e. The molecule has 0 unspecified atom stereocenters. The molecule has 0 aliphatic carbocycles. The molecule has 2 heterocycles. The van der Waals surface area contributed by atoms with Gasteiger partial charge in [-0.25, -0.2) is 0 Å². The van der Waals surface area contributed by atoms with Crippen LogP contribution in [0.4, 0.5) is 11.4 Å². The van der Waals surface area contributed by atoms with Gasteiger partial charge in [-0.15, -0.1) is 0 Å². The highest BCUT2D eigenvalue weighted by atomic mass is 16.3. The smallest absolute Gasteiger partial charge is 0.227 e. The van der Waals surface area contributed by atoms with Crippen molar-refractivity contribution in [1.29, 1.82) is 0 Å². The molecule has 1 aromatic heterocycles. The Balaban J connectivity index is 1.69. The van der Waals surface area contributed by atoms with Crippen LogP contribution in [0.25, 0.3) is 0 Å². The van der Waals surface area contributed by atoms with Gasteiger partial charge in [-0.3, -0.25) is 4.79 Å². The SMILES string of the molecule is Cc1ccc(CNc2cccc(N3CCCC3=O)c2)o1. The fourth-order valence-corrected chi connectivity index (χ4v) is 2.47. The lowest BCUT2D eigenvalue weighted by Gasteiger charge is -2.16. The molecule has 2 aromatic rings. The summed E-state index contributed by atoms with van der Waals surface area (Å²) in [6, 6.07) is 11.9. The molecule has 1 aromatic carbocycles. The second-order valence-corrected chi connectivity index (χ2v) is 5.07. The lowest BCUT2D eigenvalue weighted by atomic mass is 10.2. The minimum absolute atomic E-state index is 0.212. The molecule has 1 aliphatic rings. The lowest BCUT2D eigenvalue weighted by Crippen LogP contribution is -2.23. The zero-order chi connectivity index (χ0) is 13.9. The van der Waals surface area contributed by atoms with Gasteiger partial charge < -0.3 is 14.6 Å². The van der Waals surface area contributed by atoms with Crippen LogP contribution in [0.3, 0.4) is 0 Å². The fraction of sp³-hybridized carbons (Fsp3) is 0.312. The van der Waals surface area contributed by atoms with E-state index >= 15 is 0 Å². The monoisotopic (exact) mass is 270 g/mol. The maximum Gasteiger partial charge on any atom is 0.227 e. The number of carbonyl (C=O) groups excluding carboxylic acids is 1. The van der Waals surface area contributed by atoms with Crippen LogP contribution in [0.1, 0.15) is 24.4 Å². The number of amides is 1. The van der Waals surface area contributed by atoms with E-state index < -0.39 is 0 Å². The summed E-state index contributed by atoms with van der Waals surface area (Å²) >= 11 is 0. The van der Waals surface area contributed by atoms with E-state index in [9.17, 15) is 4.79 Å². The number of carbonyl (C=O) groups is 1. The highest BCUT2D eigenvalue weighted by molar-refractivity contribution is 5.95. The summed E-state index contributed by atoms with van der Waals surface area (Å²) in [7, 11) is 0. The third-order valence-electron chi connectivity index (χ3n) is 3.49. The molecule has 4 heteroatoms. The van der Waals surface area contributed by atoms with Crippen LogP contribution < -0.4 is 10.2 Å². The molecule has 1 amide bonds. The molecular formula is C16H18N2O2. The Morgan fingerprint density at radius 3 is 2.90 bits per heavy atom. The van der Waals surface area contributed by atoms with Gasteiger partial charge in [-0.2, -0.15) is 0 Å². The normalized spacial score (nSPS) is 14.8. The number of hydrogen-bond donors (Lipinski definition) is 1. The van der Waals surface area contributed by atoms with Gasteiger partial charge in [0, 0.05) is 24.3 Å². The van der Waals surface area contributed by atoms with Gasteiger partial charge in [0.2, 0.25) is 5.91 Å². The summed E-state index contributed by atoms with van der Waals surface area (Å²) in [5, 5.41) is 3.32. The van der Waals surface area contributed by atoms with Crippen LogP contribution in [0.5, 0.6) is 0 Å². The standard InChI is InChI=1S/C16H18N2O2/c1-12-7-8-15(20-12)11-17-13-4-2-5-14(10-13)18-9-3-6-16(18)19/h2,4-5,7-8,10,17H,3,6,9,11H2,1H3. The van der Waals surface area contributed by atoms with Crippen molar-refractivity contribution in [1.82, 2.24) is 0 Å². The number of rotatable bonds is 4. The number of nitrogens with one attached hydrogen (secondary N) is 1. The van der Waals surface area contributed by atoms with Gasteiger partial charge >= 0.3 is 0 Å². The number of furan rings is 1. The molecule has 1 saturated heterocycles. The van der Waals surface area contributed by atoms with Gasteiger partial charge in [0.25, 0.3) is 0 Å². The van der Waals surface area contributed by atoms with E-state index in [1.807, 2.05) is 48.2 Å². The summed E-state index contributed by atoms with van der Waals surface area (Å²) in [5.74, 6) is 2.03. The Bertz CT molecular complexity index is 618. The topological polar surface area (TPSA) is 45.5 Å². The summed E-state index contributed by atoms with van der Waals surface area (Å²) in [6.07, 6.45) is 1.60. The van der Waals surface area contributed by atoms with Crippen LogP contribution in [-0.4, -0.2) is 12.5 Å². The summed E-state index contributed by atoms with van der Waals surface area (Å²) in [6.45, 7) is 3.40. The number of aryl methyl sites for hydroxylation is 1. The minimum atomic E-state index is 0.212. The second-order valence-electron chi connectivity index (χ2n) is 5.07. The molecule has 0 saturated carbocycles. The van der Waals surface area contributed by atoms with Crippen molar-refractivity contribution in [2.24, 2.45) is 0 Å². The van der Waals surface area contributed by atoms with E-state index in [0.29, 0.717) is 13.0 Å². The number of hydrogen-bond acceptors (Lipinski definition) is 3. The average molecular weight is 270 g/mol. The van der Waals surface area contributed by atoms with Gasteiger partial charge in [0.15, 0.2) is 0 Å². The molecule has 3 rings (SSSR count). The number of benzene rings is 1. The van der Waals surface area contributed by atoms with Gasteiger partial charge in [-0.1, -0.05) is 6.07 Å². The molecule has 104 valence electrons. The third-order valence-corrected chi connectivity index (χ3v) is 3.49. The third kappa shape index (κ3) is 2.69. The van der Waals surface area contributed by atoms with E-state index in [2.05, 4.69) is 5.32 Å². The van der Waals surface area contributed by atoms with Crippen LogP contribution in [0.2, 0.25) is 0 Å². The molecule has 0 radical (unpaired) electrons. The lowest BCUT2D eigenvalue weighted by molar-refractivity contribution is -0.117. The van der Waals surface area contributed by atoms with E-state index in [1.165, 1.54) is 0 Å². The molecule has 1 aliphatic heterocycles. The Morgan fingerprint density at radius 1 is 1.30 bits per heavy atom. The summed E-state index contributed by atoms with van der Waals surface area (Å²) in [5.41, 5.74) is 1.96. The van der Waals surface area contributed by atoms with Crippen LogP contribution in [0, 0.1) is 6.92 Å². The quantitative estimate of drug-likeness (QED) is 0.927. The first kappa shape index (κ1) is 12.8. The molecule has 4 nitrogen and oxygen atoms in total. The zero-order valence-corrected chi connectivity index (χ0v) is 11.6. The predicted molar refractivity (Wildman–Crippen MR) is 78.8 cm³/mol. The van der Waals surface area contributed by atoms with Crippen LogP contribution in [-0.2, 0) is 11.3 Å². The van der Waals surface area contributed by atoms with E-state index in [1.54, 1.807) is 0 Å². The molecule has 0 spiro atoms. The van der Waals surface area contributed by atoms with E-state index in [-0.39, 0.29) is 5.91 Å². The first-order valence-corrected chi connectivity index (χ1v) is 6.92. The molecule has 0 atom stereocenters. The van der Waals surface area contributed by atoms with Crippen LogP contribution >= 0.6 is 0 Å². The van der Waals surface area contributed by atoms with Crippen molar-refractivity contribution < 1.29 is 9.21 Å². The summed E-state index contributed by atoms with van der Waals surface area (Å²) in [4.78, 5) is 13.6. The van der Waals surface area contributed by atoms with E-state index in [0.717, 1.165) is 35.9 Å². The number of nitrogens with zero attached hydrogens (tertiary/aromatic N) is 1. The highest BCUT2D eigenvalue weighted by Crippen LogP contribution is 2.24. The Hall–Kier alpha value is -2.23. The second kappa shape index (κ2) is 5.41. The zero-order valence-electron chi connectivity index (χ0n) is 11.6. The van der Waals surface area contributed by atoms with Gasteiger partial charge in [0.05, 0.1) is 6.54 Å². The predicted octanol–water partition coefficient (Wildman–Crippen LogP) is 3.33. The maximum absolute atomic E-state index is 11.8. The molecule has 1 fully saturated rings. The van der Waals surface area contributed by atoms with E-state index in [4.69, 9.17) is 4.42 Å². The average Bonchev–Trinajstić information content (AvgIpc) is 3.05. The largest absolute Gasteiger partial charge is 0.465 e. The molecular weight excluding hydrogens is 252 g/mol. The summed E-state index contributed by atoms with van der Waals surface area (Å²) < 4.78 is 5.53. The van der Waals surface area contributed by atoms with Crippen molar-refractivity contribution in [2.75, 3.05) is 16.8 Å². The first-order chi connectivity index (χ1) is 9.72. The van der Waals surface area contributed by atoms with Crippen molar-refractivity contribution in [3.63, 3.8) is 0 Å². The van der Waals surface area contributed by atoms with Crippen molar-refractivity contribution in [3.8, 4) is 0 Å². The van der Waals surface area contributed by atoms with Crippen molar-refractivity contribution in [2.45, 2.75) is 26.3 Å². The number of anilines is 2. The fourth-order valence-electron chi connectivity index (χ4n) is 2.47. The van der Waals surface area contributed by atoms with Gasteiger partial charge in [-0.05, 0) is 43.7 Å². The Morgan fingerprint density at radius 2 is 2.20 bits per heavy atom. The highest BCUT2D eigenvalue weighted by Gasteiger charge is 2.21.